The van der Waals surface area contributed by atoms with Crippen molar-refractivity contribution >= 4 is 52.1 Å². The minimum absolute atomic E-state index is 0.0418. The highest BCUT2D eigenvalue weighted by Gasteiger charge is 2.16. The molecule has 0 radical (unpaired) electrons. The fraction of sp³-hybridized carbons (Fsp3) is 0.125. The molecule has 80 valence electrons. The molecule has 0 heterocycles. The van der Waals surface area contributed by atoms with Gasteiger partial charge in [-0.05, 0) is 11.2 Å². The Kier molecular flexibility index (Phi) is 3.90. The number of benzene rings is 1. The van der Waals surface area contributed by atoms with Gasteiger partial charge in [0.15, 0.2) is 5.69 Å². The van der Waals surface area contributed by atoms with Gasteiger partial charge in [0.25, 0.3) is 0 Å². The fourth-order valence-corrected chi connectivity index (χ4v) is 1.65. The monoisotopic (exact) mass is 266 g/mol. The summed E-state index contributed by atoms with van der Waals surface area (Å²) < 4.78 is 0. The highest BCUT2D eigenvalue weighted by atomic mass is 35.5. The lowest BCUT2D eigenvalue weighted by Crippen LogP contribution is -2.06. The summed E-state index contributed by atoms with van der Waals surface area (Å²) in [6, 6.07) is 1.32. The van der Waals surface area contributed by atoms with Crippen LogP contribution in [0.15, 0.2) is 11.2 Å². The number of rotatable bonds is 2. The number of hydrogen-bond donors (Lipinski definition) is 1. The number of carbonyl (C=O) groups excluding carboxylic acids is 1. The highest BCUT2D eigenvalue weighted by molar-refractivity contribution is 6.46. The van der Waals surface area contributed by atoms with E-state index in [-0.39, 0.29) is 32.3 Å². The first kappa shape index (κ1) is 12.2. The third-order valence-corrected chi connectivity index (χ3v) is 2.61. The van der Waals surface area contributed by atoms with Crippen LogP contribution in [0.5, 0.6) is 0 Å². The SMILES string of the molecule is CC(=O)Nc1c(Cl)cc(Cl)c(Cl)c1N=O. The molecule has 0 aliphatic carbocycles. The predicted molar refractivity (Wildman–Crippen MR) is 61.2 cm³/mol. The molecule has 15 heavy (non-hydrogen) atoms. The smallest absolute Gasteiger partial charge is 0.221 e. The lowest BCUT2D eigenvalue weighted by Gasteiger charge is -2.09. The average molecular weight is 267 g/mol. The van der Waals surface area contributed by atoms with Crippen molar-refractivity contribution in [1.29, 1.82) is 0 Å². The summed E-state index contributed by atoms with van der Waals surface area (Å²) >= 11 is 17.2. The molecule has 0 aliphatic rings. The molecule has 7 heteroatoms. The Morgan fingerprint density at radius 1 is 1.33 bits per heavy atom. The summed E-state index contributed by atoms with van der Waals surface area (Å²) in [5, 5.41) is 5.20. The molecule has 1 aromatic carbocycles. The van der Waals surface area contributed by atoms with Crippen molar-refractivity contribution in [3.8, 4) is 0 Å². The van der Waals surface area contributed by atoms with E-state index in [4.69, 9.17) is 34.8 Å². The molecule has 0 aliphatic heterocycles. The Hall–Kier alpha value is -0.840. The zero-order valence-electron chi connectivity index (χ0n) is 7.47. The van der Waals surface area contributed by atoms with Gasteiger partial charge in [-0.1, -0.05) is 34.8 Å². The Labute approximate surface area is 100 Å². The van der Waals surface area contributed by atoms with Gasteiger partial charge in [-0.2, -0.15) is 0 Å². The van der Waals surface area contributed by atoms with Crippen LogP contribution in [0.1, 0.15) is 6.92 Å². The first-order chi connectivity index (χ1) is 6.97. The van der Waals surface area contributed by atoms with E-state index in [9.17, 15) is 9.70 Å². The predicted octanol–water partition coefficient (Wildman–Crippen LogP) is 4.00. The lowest BCUT2D eigenvalue weighted by molar-refractivity contribution is -0.114. The van der Waals surface area contributed by atoms with E-state index >= 15 is 0 Å². The van der Waals surface area contributed by atoms with Crippen LogP contribution in [0, 0.1) is 4.91 Å². The maximum Gasteiger partial charge on any atom is 0.221 e. The van der Waals surface area contributed by atoms with Gasteiger partial charge in [-0.3, -0.25) is 4.79 Å². The van der Waals surface area contributed by atoms with Gasteiger partial charge in [0.05, 0.1) is 20.8 Å². The van der Waals surface area contributed by atoms with Gasteiger partial charge < -0.3 is 5.32 Å². The van der Waals surface area contributed by atoms with Crippen molar-refractivity contribution in [3.05, 3.63) is 26.0 Å². The molecular formula is C8H5Cl3N2O2. The van der Waals surface area contributed by atoms with Crippen molar-refractivity contribution in [2.75, 3.05) is 5.32 Å². The van der Waals surface area contributed by atoms with Crippen LogP contribution in [0.2, 0.25) is 15.1 Å². The summed E-state index contributed by atoms with van der Waals surface area (Å²) in [7, 11) is 0. The molecule has 0 bridgehead atoms. The van der Waals surface area contributed by atoms with E-state index in [2.05, 4.69) is 10.5 Å². The normalized spacial score (nSPS) is 9.87. The van der Waals surface area contributed by atoms with E-state index in [1.165, 1.54) is 13.0 Å². The van der Waals surface area contributed by atoms with Crippen LogP contribution in [0.3, 0.4) is 0 Å². The minimum atomic E-state index is -0.389. The summed E-state index contributed by atoms with van der Waals surface area (Å²) in [5.41, 5.74) is -0.113. The third-order valence-electron chi connectivity index (χ3n) is 1.54. The van der Waals surface area contributed by atoms with Gasteiger partial charge in [0.2, 0.25) is 5.91 Å². The van der Waals surface area contributed by atoms with Crippen LogP contribution in [0.25, 0.3) is 0 Å². The van der Waals surface area contributed by atoms with Gasteiger partial charge in [0.1, 0.15) is 0 Å². The molecule has 1 rings (SSSR count). The van der Waals surface area contributed by atoms with E-state index in [1.54, 1.807) is 0 Å². The van der Waals surface area contributed by atoms with E-state index < -0.39 is 0 Å². The Balaban J connectivity index is 3.41. The van der Waals surface area contributed by atoms with Crippen LogP contribution < -0.4 is 5.32 Å². The maximum absolute atomic E-state index is 10.8. The molecule has 1 N–H and O–H groups in total. The lowest BCUT2D eigenvalue weighted by atomic mass is 10.2. The third kappa shape index (κ3) is 2.59. The molecule has 0 saturated heterocycles. The van der Waals surface area contributed by atoms with Gasteiger partial charge in [0, 0.05) is 6.92 Å². The number of carbonyl (C=O) groups is 1. The van der Waals surface area contributed by atoms with Gasteiger partial charge in [-0.15, -0.1) is 4.91 Å². The molecule has 0 saturated carbocycles. The molecule has 0 spiro atoms. The van der Waals surface area contributed by atoms with Crippen molar-refractivity contribution in [2.24, 2.45) is 5.18 Å². The van der Waals surface area contributed by atoms with Crippen LogP contribution in [-0.2, 0) is 4.79 Å². The Morgan fingerprint density at radius 2 is 1.93 bits per heavy atom. The minimum Gasteiger partial charge on any atom is -0.323 e. The van der Waals surface area contributed by atoms with Gasteiger partial charge in [-0.25, -0.2) is 0 Å². The number of amides is 1. The standard InChI is InChI=1S/C8H5Cl3N2O2/c1-3(14)12-7-5(10)2-4(9)6(11)8(7)13-15/h2H,1H3,(H,12,14). The second kappa shape index (κ2) is 4.79. The average Bonchev–Trinajstić information content (AvgIpc) is 2.14. The van der Waals surface area contributed by atoms with E-state index in [0.29, 0.717) is 0 Å². The number of hydrogen-bond acceptors (Lipinski definition) is 3. The molecule has 0 fully saturated rings. The second-order valence-electron chi connectivity index (χ2n) is 2.65. The molecule has 0 aromatic heterocycles. The first-order valence-electron chi connectivity index (χ1n) is 3.75. The summed E-state index contributed by atoms with van der Waals surface area (Å²) in [4.78, 5) is 21.4. The number of nitrogens with one attached hydrogen (secondary N) is 1. The number of nitroso groups, excluding NO2 is 1. The molecule has 0 unspecified atom stereocenters. The largest absolute Gasteiger partial charge is 0.323 e. The fourth-order valence-electron chi connectivity index (χ4n) is 0.963. The summed E-state index contributed by atoms with van der Waals surface area (Å²) in [5.74, 6) is -0.389. The molecule has 1 aromatic rings. The number of nitrogens with zero attached hydrogens (tertiary/aromatic N) is 1. The van der Waals surface area contributed by atoms with Crippen molar-refractivity contribution in [1.82, 2.24) is 0 Å². The highest BCUT2D eigenvalue weighted by Crippen LogP contribution is 2.43. The maximum atomic E-state index is 10.8. The molecule has 4 nitrogen and oxygen atoms in total. The van der Waals surface area contributed by atoms with E-state index in [0.717, 1.165) is 0 Å². The van der Waals surface area contributed by atoms with Crippen molar-refractivity contribution in [2.45, 2.75) is 6.92 Å². The van der Waals surface area contributed by atoms with Crippen molar-refractivity contribution in [3.63, 3.8) is 0 Å². The van der Waals surface area contributed by atoms with Crippen molar-refractivity contribution < 1.29 is 4.79 Å². The van der Waals surface area contributed by atoms with Gasteiger partial charge >= 0.3 is 0 Å². The zero-order valence-corrected chi connectivity index (χ0v) is 9.74. The summed E-state index contributed by atoms with van der Waals surface area (Å²) in [6.45, 7) is 1.27. The number of anilines is 1. The first-order valence-corrected chi connectivity index (χ1v) is 4.89. The topological polar surface area (TPSA) is 58.5 Å². The summed E-state index contributed by atoms with van der Waals surface area (Å²) in [6.07, 6.45) is 0. The second-order valence-corrected chi connectivity index (χ2v) is 3.84. The quantitative estimate of drug-likeness (QED) is 0.650. The van der Waals surface area contributed by atoms with Crippen LogP contribution >= 0.6 is 34.8 Å². The molecular weight excluding hydrogens is 262 g/mol. The zero-order chi connectivity index (χ0) is 11.6. The van der Waals surface area contributed by atoms with E-state index in [1.807, 2.05) is 0 Å². The number of halogens is 3. The van der Waals surface area contributed by atoms with Crippen LogP contribution in [-0.4, -0.2) is 5.91 Å². The Morgan fingerprint density at radius 3 is 2.40 bits per heavy atom. The molecule has 0 atom stereocenters. The Bertz CT molecular complexity index is 434. The van der Waals surface area contributed by atoms with Crippen LogP contribution in [0.4, 0.5) is 11.4 Å². The molecule has 1 amide bonds.